The molecule has 0 atom stereocenters. The number of hydrogen-bond acceptors (Lipinski definition) is 4. The Morgan fingerprint density at radius 1 is 1.12 bits per heavy atom. The third-order valence-corrected chi connectivity index (χ3v) is 4.21. The minimum absolute atomic E-state index is 0.0410. The van der Waals surface area contributed by atoms with Gasteiger partial charge in [-0.15, -0.1) is 0 Å². The standard InChI is InChI=1S/C18H20F2N4O/c1-13-21-15(17(19)20)11-16(22-13)18(25)24-9-7-23(8-10-24)12-14-5-3-2-4-6-14/h2-6,11,17H,7-10,12H2,1H3. The number of carbonyl (C=O) groups excluding carboxylic acids is 1. The molecule has 1 aromatic heterocycles. The molecular formula is C18H20F2N4O. The summed E-state index contributed by atoms with van der Waals surface area (Å²) in [7, 11) is 0. The summed E-state index contributed by atoms with van der Waals surface area (Å²) in [6, 6.07) is 11.2. The molecule has 0 saturated carbocycles. The van der Waals surface area contributed by atoms with E-state index in [2.05, 4.69) is 27.0 Å². The van der Waals surface area contributed by atoms with Gasteiger partial charge in [0.1, 0.15) is 17.2 Å². The SMILES string of the molecule is Cc1nc(C(=O)N2CCN(Cc3ccccc3)CC2)cc(C(F)F)n1. The lowest BCUT2D eigenvalue weighted by molar-refractivity contribution is 0.0621. The van der Waals surface area contributed by atoms with E-state index in [1.165, 1.54) is 12.5 Å². The summed E-state index contributed by atoms with van der Waals surface area (Å²) < 4.78 is 25.7. The number of benzene rings is 1. The van der Waals surface area contributed by atoms with E-state index in [-0.39, 0.29) is 17.4 Å². The molecule has 132 valence electrons. The van der Waals surface area contributed by atoms with E-state index in [4.69, 9.17) is 0 Å². The van der Waals surface area contributed by atoms with Crippen LogP contribution >= 0.6 is 0 Å². The monoisotopic (exact) mass is 346 g/mol. The number of nitrogens with zero attached hydrogens (tertiary/aromatic N) is 4. The molecule has 0 radical (unpaired) electrons. The zero-order chi connectivity index (χ0) is 17.8. The lowest BCUT2D eigenvalue weighted by Gasteiger charge is -2.34. The summed E-state index contributed by atoms with van der Waals surface area (Å²) >= 11 is 0. The van der Waals surface area contributed by atoms with Crippen molar-refractivity contribution in [3.8, 4) is 0 Å². The number of piperazine rings is 1. The van der Waals surface area contributed by atoms with Crippen molar-refractivity contribution in [2.75, 3.05) is 26.2 Å². The van der Waals surface area contributed by atoms with Crippen molar-refractivity contribution in [1.29, 1.82) is 0 Å². The third-order valence-electron chi connectivity index (χ3n) is 4.21. The summed E-state index contributed by atoms with van der Waals surface area (Å²) in [5.41, 5.74) is 0.869. The zero-order valence-electron chi connectivity index (χ0n) is 14.0. The number of rotatable bonds is 4. The van der Waals surface area contributed by atoms with Crippen molar-refractivity contribution < 1.29 is 13.6 Å². The Morgan fingerprint density at radius 2 is 1.80 bits per heavy atom. The van der Waals surface area contributed by atoms with Gasteiger partial charge in [-0.3, -0.25) is 9.69 Å². The predicted octanol–water partition coefficient (Wildman–Crippen LogP) is 2.68. The topological polar surface area (TPSA) is 49.3 Å². The second-order valence-electron chi connectivity index (χ2n) is 6.08. The quantitative estimate of drug-likeness (QED) is 0.854. The summed E-state index contributed by atoms with van der Waals surface area (Å²) in [6.45, 7) is 4.95. The number of aryl methyl sites for hydroxylation is 1. The van der Waals surface area contributed by atoms with E-state index in [1.54, 1.807) is 4.90 Å². The molecule has 0 N–H and O–H groups in total. The van der Waals surface area contributed by atoms with Crippen LogP contribution in [0.3, 0.4) is 0 Å². The number of hydrogen-bond donors (Lipinski definition) is 0. The highest BCUT2D eigenvalue weighted by molar-refractivity contribution is 5.92. The van der Waals surface area contributed by atoms with Crippen molar-refractivity contribution in [3.05, 3.63) is 59.2 Å². The minimum atomic E-state index is -2.71. The summed E-state index contributed by atoms with van der Waals surface area (Å²) in [5.74, 6) is -0.129. The molecule has 1 aliphatic rings. The predicted molar refractivity (Wildman–Crippen MR) is 89.3 cm³/mol. The van der Waals surface area contributed by atoms with Gasteiger partial charge in [-0.05, 0) is 18.6 Å². The van der Waals surface area contributed by atoms with E-state index in [1.807, 2.05) is 18.2 Å². The van der Waals surface area contributed by atoms with Crippen LogP contribution in [0.4, 0.5) is 8.78 Å². The van der Waals surface area contributed by atoms with Crippen molar-refractivity contribution in [2.45, 2.75) is 19.9 Å². The molecule has 0 spiro atoms. The van der Waals surface area contributed by atoms with Gasteiger partial charge in [0.25, 0.3) is 12.3 Å². The number of alkyl halides is 2. The maximum atomic E-state index is 12.9. The lowest BCUT2D eigenvalue weighted by Crippen LogP contribution is -2.48. The largest absolute Gasteiger partial charge is 0.335 e. The maximum absolute atomic E-state index is 12.9. The maximum Gasteiger partial charge on any atom is 0.280 e. The van der Waals surface area contributed by atoms with E-state index in [0.717, 1.165) is 25.7 Å². The van der Waals surface area contributed by atoms with Crippen molar-refractivity contribution >= 4 is 5.91 Å². The molecule has 7 heteroatoms. The highest BCUT2D eigenvalue weighted by Crippen LogP contribution is 2.18. The van der Waals surface area contributed by atoms with Crippen LogP contribution in [-0.4, -0.2) is 51.9 Å². The second kappa shape index (κ2) is 7.65. The molecular weight excluding hydrogens is 326 g/mol. The Hall–Kier alpha value is -2.41. The minimum Gasteiger partial charge on any atom is -0.335 e. The van der Waals surface area contributed by atoms with Gasteiger partial charge in [-0.1, -0.05) is 30.3 Å². The zero-order valence-corrected chi connectivity index (χ0v) is 14.0. The van der Waals surface area contributed by atoms with E-state index < -0.39 is 12.1 Å². The van der Waals surface area contributed by atoms with Crippen LogP contribution in [0.15, 0.2) is 36.4 Å². The first-order valence-electron chi connectivity index (χ1n) is 8.22. The average molecular weight is 346 g/mol. The Balaban J connectivity index is 1.62. The number of carbonyl (C=O) groups is 1. The molecule has 3 rings (SSSR count). The first-order valence-corrected chi connectivity index (χ1v) is 8.22. The third kappa shape index (κ3) is 4.36. The first-order chi connectivity index (χ1) is 12.0. The van der Waals surface area contributed by atoms with Gasteiger partial charge in [0.15, 0.2) is 0 Å². The van der Waals surface area contributed by atoms with Gasteiger partial charge in [0.2, 0.25) is 0 Å². The second-order valence-corrected chi connectivity index (χ2v) is 6.08. The van der Waals surface area contributed by atoms with Crippen LogP contribution in [0.2, 0.25) is 0 Å². The number of amides is 1. The van der Waals surface area contributed by atoms with Crippen LogP contribution < -0.4 is 0 Å². The molecule has 5 nitrogen and oxygen atoms in total. The number of halogens is 2. The molecule has 0 aliphatic carbocycles. The Labute approximate surface area is 145 Å². The van der Waals surface area contributed by atoms with Crippen molar-refractivity contribution in [2.24, 2.45) is 0 Å². The van der Waals surface area contributed by atoms with Crippen molar-refractivity contribution in [1.82, 2.24) is 19.8 Å². The first kappa shape index (κ1) is 17.4. The van der Waals surface area contributed by atoms with Crippen LogP contribution in [0.1, 0.15) is 34.0 Å². The van der Waals surface area contributed by atoms with Crippen LogP contribution in [0.25, 0.3) is 0 Å². The lowest BCUT2D eigenvalue weighted by atomic mass is 10.2. The summed E-state index contributed by atoms with van der Waals surface area (Å²) in [6.07, 6.45) is -2.71. The molecule has 1 fully saturated rings. The van der Waals surface area contributed by atoms with E-state index in [0.29, 0.717) is 13.1 Å². The van der Waals surface area contributed by atoms with Gasteiger partial charge in [0, 0.05) is 32.7 Å². The molecule has 1 aromatic carbocycles. The van der Waals surface area contributed by atoms with Crippen LogP contribution in [-0.2, 0) is 6.54 Å². The van der Waals surface area contributed by atoms with Gasteiger partial charge < -0.3 is 4.90 Å². The molecule has 1 aliphatic heterocycles. The fourth-order valence-electron chi connectivity index (χ4n) is 2.92. The van der Waals surface area contributed by atoms with Crippen LogP contribution in [0, 0.1) is 6.92 Å². The van der Waals surface area contributed by atoms with E-state index >= 15 is 0 Å². The normalized spacial score (nSPS) is 15.6. The highest BCUT2D eigenvalue weighted by Gasteiger charge is 2.24. The number of aromatic nitrogens is 2. The molecule has 0 unspecified atom stereocenters. The summed E-state index contributed by atoms with van der Waals surface area (Å²) in [4.78, 5) is 24.2. The Kier molecular flexibility index (Phi) is 5.33. The van der Waals surface area contributed by atoms with Gasteiger partial charge in [-0.25, -0.2) is 18.7 Å². The van der Waals surface area contributed by atoms with Gasteiger partial charge in [-0.2, -0.15) is 0 Å². The molecule has 2 heterocycles. The summed E-state index contributed by atoms with van der Waals surface area (Å²) in [5, 5.41) is 0. The Bertz CT molecular complexity index is 731. The Morgan fingerprint density at radius 3 is 2.44 bits per heavy atom. The van der Waals surface area contributed by atoms with E-state index in [9.17, 15) is 13.6 Å². The fraction of sp³-hybridized carbons (Fsp3) is 0.389. The smallest absolute Gasteiger partial charge is 0.280 e. The highest BCUT2D eigenvalue weighted by atomic mass is 19.3. The van der Waals surface area contributed by atoms with Gasteiger partial charge >= 0.3 is 0 Å². The van der Waals surface area contributed by atoms with Crippen molar-refractivity contribution in [3.63, 3.8) is 0 Å². The average Bonchev–Trinajstić information content (AvgIpc) is 2.62. The van der Waals surface area contributed by atoms with Crippen LogP contribution in [0.5, 0.6) is 0 Å². The fourth-order valence-corrected chi connectivity index (χ4v) is 2.92. The molecule has 1 amide bonds. The molecule has 0 bridgehead atoms. The molecule has 25 heavy (non-hydrogen) atoms. The molecule has 1 saturated heterocycles. The molecule has 2 aromatic rings. The van der Waals surface area contributed by atoms with Gasteiger partial charge in [0.05, 0.1) is 0 Å².